The third-order valence-corrected chi connectivity index (χ3v) is 2.23. The van der Waals surface area contributed by atoms with Crippen molar-refractivity contribution in [3.05, 3.63) is 0 Å². The van der Waals surface area contributed by atoms with Crippen LogP contribution in [0.5, 0.6) is 0 Å². The Balaban J connectivity index is 4.14. The Hall–Kier alpha value is -1.76. The average molecular weight is 382 g/mol. The van der Waals surface area contributed by atoms with Gasteiger partial charge in [0, 0.05) is 0 Å². The van der Waals surface area contributed by atoms with Crippen LogP contribution in [-0.2, 0) is 19.1 Å². The maximum atomic E-state index is 12.4. The van der Waals surface area contributed by atoms with Crippen molar-refractivity contribution in [2.75, 3.05) is 13.2 Å². The summed E-state index contributed by atoms with van der Waals surface area (Å²) in [4.78, 5) is 21.0. The summed E-state index contributed by atoms with van der Waals surface area (Å²) in [5, 5.41) is 0. The summed E-state index contributed by atoms with van der Waals surface area (Å²) in [6, 6.07) is 0. The van der Waals surface area contributed by atoms with Gasteiger partial charge in [-0.1, -0.05) is 0 Å². The van der Waals surface area contributed by atoms with E-state index >= 15 is 0 Å². The fourth-order valence-electron chi connectivity index (χ4n) is 0.947. The van der Waals surface area contributed by atoms with Crippen molar-refractivity contribution in [3.63, 3.8) is 0 Å². The Labute approximate surface area is 126 Å². The molecular weight excluding hydrogens is 374 g/mol. The van der Waals surface area contributed by atoms with E-state index in [1.165, 1.54) is 0 Å². The summed E-state index contributed by atoms with van der Waals surface area (Å²) in [6.45, 7) is -2.06. The van der Waals surface area contributed by atoms with Gasteiger partial charge in [-0.3, -0.25) is 0 Å². The predicted octanol–water partition coefficient (Wildman–Crippen LogP) is 3.25. The number of ether oxygens (including phenoxy) is 2. The molecule has 0 radical (unpaired) electrons. The highest BCUT2D eigenvalue weighted by Crippen LogP contribution is 2.37. The summed E-state index contributed by atoms with van der Waals surface area (Å²) in [5.41, 5.74) is 0. The van der Waals surface area contributed by atoms with Gasteiger partial charge in [0.15, 0.2) is 0 Å². The summed E-state index contributed by atoms with van der Waals surface area (Å²) in [7, 11) is 0. The molecule has 0 aromatic carbocycles. The normalized spacial score (nSPS) is 13.6. The molecule has 0 aliphatic carbocycles. The Morgan fingerprint density at radius 1 is 0.583 bits per heavy atom. The lowest BCUT2D eigenvalue weighted by molar-refractivity contribution is -0.281. The minimum Gasteiger partial charge on any atom is -0.461 e. The van der Waals surface area contributed by atoms with Crippen LogP contribution in [0.25, 0.3) is 0 Å². The third kappa shape index (κ3) is 5.40. The molecule has 0 heterocycles. The number of carbonyl (C=O) groups excluding carboxylic acids is 2. The molecule has 142 valence electrons. The van der Waals surface area contributed by atoms with Gasteiger partial charge in [0.25, 0.3) is 0 Å². The van der Waals surface area contributed by atoms with E-state index in [-0.39, 0.29) is 0 Å². The SMILES string of the molecule is O=C(OCCCCOC(=O)C(F)(F)C(F)(F)F)C(F)(F)C(F)(F)F. The number of unbranched alkanes of at least 4 members (excludes halogenated alkanes) is 1. The molecule has 0 bridgehead atoms. The predicted molar refractivity (Wildman–Crippen MR) is 53.2 cm³/mol. The smallest absolute Gasteiger partial charge is 0.461 e. The molecule has 0 aromatic rings. The van der Waals surface area contributed by atoms with Crippen LogP contribution < -0.4 is 0 Å². The molecule has 14 heteroatoms. The van der Waals surface area contributed by atoms with Crippen LogP contribution in [-0.4, -0.2) is 49.4 Å². The summed E-state index contributed by atoms with van der Waals surface area (Å²) in [5.74, 6) is -17.3. The monoisotopic (exact) mass is 382 g/mol. The van der Waals surface area contributed by atoms with Crippen LogP contribution in [0.4, 0.5) is 43.9 Å². The third-order valence-electron chi connectivity index (χ3n) is 2.23. The number of hydrogen-bond acceptors (Lipinski definition) is 4. The fourth-order valence-corrected chi connectivity index (χ4v) is 0.947. The molecule has 0 amide bonds. The van der Waals surface area contributed by atoms with E-state index in [1.54, 1.807) is 0 Å². The zero-order valence-corrected chi connectivity index (χ0v) is 11.2. The van der Waals surface area contributed by atoms with Crippen molar-refractivity contribution < 1.29 is 63.0 Å². The largest absolute Gasteiger partial charge is 0.465 e. The van der Waals surface area contributed by atoms with Crippen molar-refractivity contribution in [2.45, 2.75) is 37.0 Å². The lowest BCUT2D eigenvalue weighted by atomic mass is 10.3. The van der Waals surface area contributed by atoms with E-state index in [0.29, 0.717) is 0 Å². The molecule has 0 saturated carbocycles. The van der Waals surface area contributed by atoms with Crippen molar-refractivity contribution in [2.24, 2.45) is 0 Å². The minimum atomic E-state index is -6.18. The molecule has 0 aliphatic rings. The van der Waals surface area contributed by atoms with Crippen LogP contribution in [0.15, 0.2) is 0 Å². The second-order valence-corrected chi connectivity index (χ2v) is 4.12. The fraction of sp³-hybridized carbons (Fsp3) is 0.800. The van der Waals surface area contributed by atoms with Crippen LogP contribution >= 0.6 is 0 Å². The van der Waals surface area contributed by atoms with Gasteiger partial charge < -0.3 is 9.47 Å². The quantitative estimate of drug-likeness (QED) is 0.386. The zero-order valence-electron chi connectivity index (χ0n) is 11.2. The van der Waals surface area contributed by atoms with Gasteiger partial charge in [-0.25, -0.2) is 9.59 Å². The van der Waals surface area contributed by atoms with Gasteiger partial charge >= 0.3 is 36.1 Å². The standard InChI is InChI=1S/C10H8F10O4/c11-7(12,9(15,16)17)5(21)23-3-1-2-4-24-6(22)8(13,14)10(18,19)20/h1-4H2. The minimum absolute atomic E-state index is 0.537. The maximum absolute atomic E-state index is 12.4. The molecule has 4 nitrogen and oxygen atoms in total. The summed E-state index contributed by atoms with van der Waals surface area (Å²) < 4.78 is 127. The lowest BCUT2D eigenvalue weighted by Crippen LogP contribution is -2.45. The first-order valence-corrected chi connectivity index (χ1v) is 5.78. The highest BCUT2D eigenvalue weighted by Gasteiger charge is 2.65. The van der Waals surface area contributed by atoms with Crippen LogP contribution in [0, 0.1) is 0 Å². The number of halogens is 10. The maximum Gasteiger partial charge on any atom is 0.465 e. The number of carbonyl (C=O) groups is 2. The molecule has 24 heavy (non-hydrogen) atoms. The van der Waals surface area contributed by atoms with Crippen LogP contribution in [0.2, 0.25) is 0 Å². The Kier molecular flexibility index (Phi) is 6.88. The van der Waals surface area contributed by atoms with E-state index in [0.717, 1.165) is 0 Å². The first kappa shape index (κ1) is 22.2. The molecular formula is C10H8F10O4. The summed E-state index contributed by atoms with van der Waals surface area (Å²) in [6.07, 6.45) is -13.4. The van der Waals surface area contributed by atoms with Gasteiger partial charge in [0.05, 0.1) is 13.2 Å². The van der Waals surface area contributed by atoms with Crippen molar-refractivity contribution >= 4 is 11.9 Å². The second-order valence-electron chi connectivity index (χ2n) is 4.12. The Bertz CT molecular complexity index is 412. The van der Waals surface area contributed by atoms with Gasteiger partial charge in [-0.2, -0.15) is 43.9 Å². The zero-order chi connectivity index (χ0) is 19.4. The molecule has 0 fully saturated rings. The summed E-state index contributed by atoms with van der Waals surface area (Å²) >= 11 is 0. The Morgan fingerprint density at radius 2 is 0.833 bits per heavy atom. The van der Waals surface area contributed by atoms with E-state index in [1.807, 2.05) is 0 Å². The van der Waals surface area contributed by atoms with E-state index < -0.39 is 62.2 Å². The van der Waals surface area contributed by atoms with Gasteiger partial charge in [-0.05, 0) is 12.8 Å². The number of alkyl halides is 10. The highest BCUT2D eigenvalue weighted by atomic mass is 19.4. The first-order chi connectivity index (χ1) is 10.5. The van der Waals surface area contributed by atoms with Gasteiger partial charge in [0.1, 0.15) is 0 Å². The van der Waals surface area contributed by atoms with Crippen LogP contribution in [0.1, 0.15) is 12.8 Å². The molecule has 0 aliphatic heterocycles. The molecule has 0 rings (SSSR count). The van der Waals surface area contributed by atoms with Gasteiger partial charge in [0.2, 0.25) is 0 Å². The molecule has 0 saturated heterocycles. The topological polar surface area (TPSA) is 52.6 Å². The second kappa shape index (κ2) is 7.42. The lowest BCUT2D eigenvalue weighted by Gasteiger charge is -2.18. The van der Waals surface area contributed by atoms with Crippen LogP contribution in [0.3, 0.4) is 0 Å². The van der Waals surface area contributed by atoms with Crippen molar-refractivity contribution in [1.82, 2.24) is 0 Å². The van der Waals surface area contributed by atoms with E-state index in [9.17, 15) is 53.5 Å². The van der Waals surface area contributed by atoms with E-state index in [2.05, 4.69) is 9.47 Å². The molecule has 0 N–H and O–H groups in total. The average Bonchev–Trinajstić information content (AvgIpc) is 2.39. The van der Waals surface area contributed by atoms with Gasteiger partial charge in [-0.15, -0.1) is 0 Å². The number of rotatable bonds is 7. The number of esters is 2. The number of hydrogen-bond donors (Lipinski definition) is 0. The molecule has 0 unspecified atom stereocenters. The van der Waals surface area contributed by atoms with Crippen molar-refractivity contribution in [3.8, 4) is 0 Å². The molecule has 0 aromatic heterocycles. The highest BCUT2D eigenvalue weighted by molar-refractivity contribution is 5.79. The van der Waals surface area contributed by atoms with E-state index in [4.69, 9.17) is 0 Å². The molecule has 0 atom stereocenters. The Morgan fingerprint density at radius 3 is 1.04 bits per heavy atom. The first-order valence-electron chi connectivity index (χ1n) is 5.78. The molecule has 0 spiro atoms. The van der Waals surface area contributed by atoms with Crippen molar-refractivity contribution in [1.29, 1.82) is 0 Å².